The van der Waals surface area contributed by atoms with E-state index in [1.807, 2.05) is 18.2 Å². The minimum absolute atomic E-state index is 0.150. The number of fused-ring (bicyclic) bond motifs is 1. The zero-order valence-electron chi connectivity index (χ0n) is 16.6. The van der Waals surface area contributed by atoms with Crippen molar-refractivity contribution in [2.24, 2.45) is 0 Å². The molecule has 1 saturated carbocycles. The van der Waals surface area contributed by atoms with Crippen LogP contribution in [0.1, 0.15) is 48.8 Å². The molecule has 0 spiro atoms. The standard InChI is InChI=1S/C22H25N5O3/c23-12-15-13-25-21(27-20(15)26-16-5-7-17(28)8-6-16)24-10-9-22(30)18-4-2-1-3-14(18)11-19(22)29/h1-4,13,16-17,28,30H,5-11H2,(H2,24,25,26,27)/t16?,17?,22-/m0/s1. The monoisotopic (exact) mass is 407 g/mol. The number of anilines is 2. The van der Waals surface area contributed by atoms with E-state index >= 15 is 0 Å². The summed E-state index contributed by atoms with van der Waals surface area (Å²) >= 11 is 0. The maximum Gasteiger partial charge on any atom is 0.224 e. The van der Waals surface area contributed by atoms with Crippen molar-refractivity contribution in [1.29, 1.82) is 5.26 Å². The Morgan fingerprint density at radius 2 is 2.00 bits per heavy atom. The van der Waals surface area contributed by atoms with Gasteiger partial charge in [-0.3, -0.25) is 4.79 Å². The van der Waals surface area contributed by atoms with Gasteiger partial charge in [-0.05, 0) is 36.8 Å². The van der Waals surface area contributed by atoms with Crippen LogP contribution >= 0.6 is 0 Å². The lowest BCUT2D eigenvalue weighted by Gasteiger charge is -2.27. The van der Waals surface area contributed by atoms with Crippen LogP contribution in [0.5, 0.6) is 0 Å². The van der Waals surface area contributed by atoms with Gasteiger partial charge in [0.15, 0.2) is 5.78 Å². The molecule has 2 aliphatic carbocycles. The summed E-state index contributed by atoms with van der Waals surface area (Å²) in [7, 11) is 0. The van der Waals surface area contributed by atoms with Crippen molar-refractivity contribution in [1.82, 2.24) is 9.97 Å². The van der Waals surface area contributed by atoms with E-state index in [0.29, 0.717) is 29.4 Å². The van der Waals surface area contributed by atoms with E-state index in [1.165, 1.54) is 6.20 Å². The topological polar surface area (TPSA) is 131 Å². The number of aliphatic hydroxyl groups is 2. The van der Waals surface area contributed by atoms with Crippen LogP contribution < -0.4 is 10.6 Å². The third-order valence-electron chi connectivity index (χ3n) is 5.99. The number of nitrogens with one attached hydrogen (secondary N) is 2. The van der Waals surface area contributed by atoms with Crippen molar-refractivity contribution >= 4 is 17.5 Å². The fourth-order valence-corrected chi connectivity index (χ4v) is 4.25. The highest BCUT2D eigenvalue weighted by molar-refractivity contribution is 5.94. The van der Waals surface area contributed by atoms with Crippen LogP contribution in [0.25, 0.3) is 0 Å². The molecule has 0 radical (unpaired) electrons. The molecule has 0 saturated heterocycles. The molecule has 1 aromatic heterocycles. The van der Waals surface area contributed by atoms with Gasteiger partial charge in [0.1, 0.15) is 23.1 Å². The molecule has 8 nitrogen and oxygen atoms in total. The van der Waals surface area contributed by atoms with Gasteiger partial charge in [0, 0.05) is 25.4 Å². The highest BCUT2D eigenvalue weighted by Crippen LogP contribution is 2.36. The van der Waals surface area contributed by atoms with E-state index in [4.69, 9.17) is 0 Å². The fourth-order valence-electron chi connectivity index (χ4n) is 4.25. The van der Waals surface area contributed by atoms with E-state index < -0.39 is 5.60 Å². The molecule has 4 rings (SSSR count). The first-order valence-electron chi connectivity index (χ1n) is 10.3. The van der Waals surface area contributed by atoms with Crippen molar-refractivity contribution in [3.8, 4) is 6.07 Å². The number of benzene rings is 1. The quantitative estimate of drug-likeness (QED) is 0.571. The summed E-state index contributed by atoms with van der Waals surface area (Å²) in [5, 5.41) is 36.3. The predicted octanol–water partition coefficient (Wildman–Crippen LogP) is 1.88. The maximum absolute atomic E-state index is 12.4. The molecular weight excluding hydrogens is 382 g/mol. The number of rotatable bonds is 6. The van der Waals surface area contributed by atoms with Crippen molar-refractivity contribution in [2.75, 3.05) is 17.2 Å². The molecule has 0 amide bonds. The summed E-state index contributed by atoms with van der Waals surface area (Å²) < 4.78 is 0. The first-order chi connectivity index (χ1) is 14.5. The third kappa shape index (κ3) is 3.99. The van der Waals surface area contributed by atoms with Crippen molar-refractivity contribution in [3.05, 3.63) is 47.2 Å². The number of carbonyl (C=O) groups excluding carboxylic acids is 1. The normalized spacial score (nSPS) is 25.4. The van der Waals surface area contributed by atoms with E-state index in [1.54, 1.807) is 6.07 Å². The maximum atomic E-state index is 12.4. The molecular formula is C22H25N5O3. The van der Waals surface area contributed by atoms with Gasteiger partial charge in [-0.1, -0.05) is 24.3 Å². The van der Waals surface area contributed by atoms with Gasteiger partial charge >= 0.3 is 0 Å². The molecule has 8 heteroatoms. The second-order valence-electron chi connectivity index (χ2n) is 8.01. The van der Waals surface area contributed by atoms with Crippen LogP contribution in [-0.4, -0.2) is 44.7 Å². The molecule has 156 valence electrons. The second-order valence-corrected chi connectivity index (χ2v) is 8.01. The van der Waals surface area contributed by atoms with Crippen molar-refractivity contribution in [3.63, 3.8) is 0 Å². The summed E-state index contributed by atoms with van der Waals surface area (Å²) in [6, 6.07) is 9.59. The van der Waals surface area contributed by atoms with Crippen LogP contribution in [0, 0.1) is 11.3 Å². The Kier molecular flexibility index (Phi) is 5.66. The summed E-state index contributed by atoms with van der Waals surface area (Å²) in [4.78, 5) is 21.0. The van der Waals surface area contributed by atoms with Gasteiger partial charge in [0.2, 0.25) is 5.95 Å². The molecule has 2 aromatic rings. The molecule has 0 aliphatic heterocycles. The highest BCUT2D eigenvalue weighted by atomic mass is 16.3. The van der Waals surface area contributed by atoms with Gasteiger partial charge in [0.25, 0.3) is 0 Å². The van der Waals surface area contributed by atoms with Crippen LogP contribution in [0.3, 0.4) is 0 Å². The number of hydrogen-bond acceptors (Lipinski definition) is 8. The predicted molar refractivity (Wildman–Crippen MR) is 111 cm³/mol. The van der Waals surface area contributed by atoms with E-state index in [-0.39, 0.29) is 30.8 Å². The number of hydrogen-bond donors (Lipinski definition) is 4. The second kappa shape index (κ2) is 8.38. The number of Topliss-reactive ketones (excluding diaryl/α,β-unsaturated/α-hetero) is 1. The lowest BCUT2D eigenvalue weighted by molar-refractivity contribution is -0.136. The molecule has 1 fully saturated rings. The summed E-state index contributed by atoms with van der Waals surface area (Å²) in [6.45, 7) is 0.303. The molecule has 0 unspecified atom stereocenters. The zero-order chi connectivity index (χ0) is 21.1. The minimum Gasteiger partial charge on any atom is -0.393 e. The van der Waals surface area contributed by atoms with Crippen molar-refractivity contribution < 1.29 is 15.0 Å². The van der Waals surface area contributed by atoms with Gasteiger partial charge in [-0.2, -0.15) is 10.2 Å². The Morgan fingerprint density at radius 3 is 2.77 bits per heavy atom. The van der Waals surface area contributed by atoms with Gasteiger partial charge in [-0.25, -0.2) is 4.98 Å². The van der Waals surface area contributed by atoms with E-state index in [9.17, 15) is 20.3 Å². The Balaban J connectivity index is 1.42. The first kappa shape index (κ1) is 20.3. The summed E-state index contributed by atoms with van der Waals surface area (Å²) in [6.07, 6.45) is 4.73. The number of nitrogens with zero attached hydrogens (tertiary/aromatic N) is 3. The lowest BCUT2D eigenvalue weighted by atomic mass is 9.91. The van der Waals surface area contributed by atoms with E-state index in [2.05, 4.69) is 26.7 Å². The number of aliphatic hydroxyl groups excluding tert-OH is 1. The van der Waals surface area contributed by atoms with Crippen LogP contribution in [0.2, 0.25) is 0 Å². The molecule has 0 bridgehead atoms. The van der Waals surface area contributed by atoms with Crippen LogP contribution in [-0.2, 0) is 16.8 Å². The molecule has 1 atom stereocenters. The zero-order valence-corrected chi connectivity index (χ0v) is 16.6. The Labute approximate surface area is 175 Å². The van der Waals surface area contributed by atoms with Gasteiger partial charge in [0.05, 0.1) is 12.3 Å². The highest BCUT2D eigenvalue weighted by Gasteiger charge is 2.43. The third-order valence-corrected chi connectivity index (χ3v) is 5.99. The largest absolute Gasteiger partial charge is 0.393 e. The van der Waals surface area contributed by atoms with Gasteiger partial charge < -0.3 is 20.8 Å². The van der Waals surface area contributed by atoms with Crippen LogP contribution in [0.4, 0.5) is 11.8 Å². The number of carbonyl (C=O) groups is 1. The molecule has 1 heterocycles. The van der Waals surface area contributed by atoms with Crippen LogP contribution in [0.15, 0.2) is 30.5 Å². The summed E-state index contributed by atoms with van der Waals surface area (Å²) in [5.74, 6) is 0.583. The SMILES string of the molecule is N#Cc1cnc(NCC[C@@]2(O)C(=O)Cc3ccccc32)nc1NC1CCC(O)CC1. The summed E-state index contributed by atoms with van der Waals surface area (Å²) in [5.41, 5.74) is 0.383. The average molecular weight is 407 g/mol. The molecule has 30 heavy (non-hydrogen) atoms. The average Bonchev–Trinajstić information content (AvgIpc) is 3.00. The number of aromatic nitrogens is 2. The smallest absolute Gasteiger partial charge is 0.224 e. The fraction of sp³-hybridized carbons (Fsp3) is 0.455. The first-order valence-corrected chi connectivity index (χ1v) is 10.3. The Bertz CT molecular complexity index is 981. The van der Waals surface area contributed by atoms with E-state index in [0.717, 1.165) is 31.2 Å². The van der Waals surface area contributed by atoms with Gasteiger partial charge in [-0.15, -0.1) is 0 Å². The van der Waals surface area contributed by atoms with Crippen molar-refractivity contribution in [2.45, 2.75) is 56.3 Å². The number of ketones is 1. The Morgan fingerprint density at radius 1 is 1.23 bits per heavy atom. The molecule has 1 aromatic carbocycles. The Hall–Kier alpha value is -3.02. The minimum atomic E-state index is -1.50. The number of nitriles is 1. The molecule has 4 N–H and O–H groups in total. The lowest BCUT2D eigenvalue weighted by Crippen LogP contribution is -2.34. The molecule has 2 aliphatic rings.